The molecule has 0 aliphatic heterocycles. The van der Waals surface area contributed by atoms with Gasteiger partial charge in [-0.3, -0.25) is 16.0 Å². The van der Waals surface area contributed by atoms with Gasteiger partial charge >= 0.3 is 0 Å². The zero-order chi connectivity index (χ0) is 12.0. The molecule has 0 saturated heterocycles. The third kappa shape index (κ3) is 3.13. The van der Waals surface area contributed by atoms with Crippen LogP contribution in [0.3, 0.4) is 0 Å². The number of methoxy groups -OCH3 is 1. The van der Waals surface area contributed by atoms with Gasteiger partial charge in [-0.25, -0.2) is 0 Å². The lowest BCUT2D eigenvalue weighted by molar-refractivity contribution is 0.399. The number of thioether (sulfide) groups is 1. The minimum Gasteiger partial charge on any atom is -0.493 e. The summed E-state index contributed by atoms with van der Waals surface area (Å²) in [6.45, 7) is 2.17. The lowest BCUT2D eigenvalue weighted by atomic mass is 10.2. The summed E-state index contributed by atoms with van der Waals surface area (Å²) in [5.41, 5.74) is 3.81. The summed E-state index contributed by atoms with van der Waals surface area (Å²) in [5.74, 6) is 8.41. The minimum atomic E-state index is 0.0685. The Kier molecular flexibility index (Phi) is 5.65. The smallest absolute Gasteiger partial charge is 0.161 e. The molecule has 0 bridgehead atoms. The Morgan fingerprint density at radius 1 is 1.69 bits per heavy atom. The molecule has 0 aliphatic rings. The zero-order valence-electron chi connectivity index (χ0n) is 10.1. The van der Waals surface area contributed by atoms with Crippen molar-refractivity contribution in [1.82, 2.24) is 15.2 Å². The molecule has 16 heavy (non-hydrogen) atoms. The molecule has 1 aromatic heterocycles. The van der Waals surface area contributed by atoms with Crippen molar-refractivity contribution in [3.8, 4) is 5.75 Å². The van der Waals surface area contributed by atoms with E-state index < -0.39 is 0 Å². The van der Waals surface area contributed by atoms with Crippen LogP contribution in [0.5, 0.6) is 5.75 Å². The summed E-state index contributed by atoms with van der Waals surface area (Å²) in [7, 11) is 3.54. The monoisotopic (exact) mass is 244 g/mol. The first-order valence-electron chi connectivity index (χ1n) is 5.34. The first-order valence-corrected chi connectivity index (χ1v) is 6.49. The molecule has 1 unspecified atom stereocenters. The Morgan fingerprint density at radius 2 is 2.44 bits per heavy atom. The lowest BCUT2D eigenvalue weighted by Gasteiger charge is -2.17. The fraction of sp³-hybridized carbons (Fsp3) is 0.700. The van der Waals surface area contributed by atoms with Crippen molar-refractivity contribution in [2.24, 2.45) is 12.9 Å². The quantitative estimate of drug-likeness (QED) is 0.427. The van der Waals surface area contributed by atoms with Crippen molar-refractivity contribution < 1.29 is 4.74 Å². The fourth-order valence-electron chi connectivity index (χ4n) is 1.53. The van der Waals surface area contributed by atoms with E-state index in [-0.39, 0.29) is 6.04 Å². The number of hydrogen-bond donors (Lipinski definition) is 2. The molecule has 0 amide bonds. The third-order valence-corrected chi connectivity index (χ3v) is 3.60. The number of ether oxygens (including phenoxy) is 1. The number of nitrogens with two attached hydrogens (primary N) is 1. The number of hydrazine groups is 1. The third-order valence-electron chi connectivity index (χ3n) is 2.33. The molecule has 0 fully saturated rings. The highest BCUT2D eigenvalue weighted by molar-refractivity contribution is 7.99. The van der Waals surface area contributed by atoms with Gasteiger partial charge < -0.3 is 4.74 Å². The largest absolute Gasteiger partial charge is 0.493 e. The van der Waals surface area contributed by atoms with E-state index in [1.54, 1.807) is 18.0 Å². The highest BCUT2D eigenvalue weighted by Gasteiger charge is 2.19. The van der Waals surface area contributed by atoms with E-state index in [1.807, 2.05) is 18.8 Å². The highest BCUT2D eigenvalue weighted by Crippen LogP contribution is 2.26. The zero-order valence-corrected chi connectivity index (χ0v) is 10.9. The minimum absolute atomic E-state index is 0.0685. The average Bonchev–Trinajstić information content (AvgIpc) is 2.66. The van der Waals surface area contributed by atoms with Gasteiger partial charge in [0.05, 0.1) is 25.0 Å². The van der Waals surface area contributed by atoms with E-state index >= 15 is 0 Å². The Hall–Kier alpha value is -0.720. The van der Waals surface area contributed by atoms with Crippen LogP contribution in [-0.4, -0.2) is 28.4 Å². The number of aromatic nitrogens is 2. The summed E-state index contributed by atoms with van der Waals surface area (Å²) >= 11 is 1.87. The first kappa shape index (κ1) is 13.3. The van der Waals surface area contributed by atoms with Crippen molar-refractivity contribution in [1.29, 1.82) is 0 Å². The molecule has 1 atom stereocenters. The molecule has 1 rings (SSSR count). The van der Waals surface area contributed by atoms with E-state index in [0.29, 0.717) is 0 Å². The maximum Gasteiger partial charge on any atom is 0.161 e. The van der Waals surface area contributed by atoms with Crippen LogP contribution in [-0.2, 0) is 7.05 Å². The van der Waals surface area contributed by atoms with Crippen LogP contribution >= 0.6 is 11.8 Å². The topological polar surface area (TPSA) is 65.1 Å². The van der Waals surface area contributed by atoms with Gasteiger partial charge in [-0.1, -0.05) is 6.92 Å². The molecule has 92 valence electrons. The maximum atomic E-state index is 5.58. The van der Waals surface area contributed by atoms with Crippen LogP contribution in [0.25, 0.3) is 0 Å². The van der Waals surface area contributed by atoms with Crippen LogP contribution in [0.4, 0.5) is 0 Å². The summed E-state index contributed by atoms with van der Waals surface area (Å²) in [6, 6.07) is 0.0685. The highest BCUT2D eigenvalue weighted by atomic mass is 32.2. The van der Waals surface area contributed by atoms with Crippen LogP contribution < -0.4 is 16.0 Å². The molecule has 3 N–H and O–H groups in total. The van der Waals surface area contributed by atoms with Crippen LogP contribution in [0, 0.1) is 0 Å². The maximum absolute atomic E-state index is 5.58. The second-order valence-electron chi connectivity index (χ2n) is 3.52. The number of rotatable bonds is 7. The van der Waals surface area contributed by atoms with Gasteiger partial charge in [0.15, 0.2) is 5.75 Å². The van der Waals surface area contributed by atoms with Gasteiger partial charge in [-0.05, 0) is 12.2 Å². The van der Waals surface area contributed by atoms with Gasteiger partial charge in [0.1, 0.15) is 0 Å². The van der Waals surface area contributed by atoms with E-state index in [9.17, 15) is 0 Å². The first-order chi connectivity index (χ1) is 7.74. The van der Waals surface area contributed by atoms with Crippen molar-refractivity contribution in [3.05, 3.63) is 11.9 Å². The second kappa shape index (κ2) is 6.78. The molecule has 1 aromatic rings. The Morgan fingerprint density at radius 3 is 3.00 bits per heavy atom. The van der Waals surface area contributed by atoms with E-state index in [0.717, 1.165) is 22.9 Å². The lowest BCUT2D eigenvalue weighted by Crippen LogP contribution is -2.31. The Labute approximate surface area is 101 Å². The number of hydrogen-bond acceptors (Lipinski definition) is 5. The van der Waals surface area contributed by atoms with Crippen molar-refractivity contribution in [2.45, 2.75) is 19.4 Å². The molecule has 0 saturated carbocycles. The fourth-order valence-corrected chi connectivity index (χ4v) is 2.48. The predicted octanol–water partition coefficient (Wildman–Crippen LogP) is 1.08. The van der Waals surface area contributed by atoms with Crippen LogP contribution in [0.1, 0.15) is 25.1 Å². The molecule has 0 spiro atoms. The van der Waals surface area contributed by atoms with Crippen LogP contribution in [0.15, 0.2) is 6.20 Å². The standard InChI is InChI=1S/C10H20N4OS/c1-4-5-16-7-8(13-11)10-9(15-3)6-12-14(10)2/h6,8,13H,4-5,7,11H2,1-3H3. The van der Waals surface area contributed by atoms with E-state index in [2.05, 4.69) is 17.4 Å². The molecule has 6 heteroatoms. The average molecular weight is 244 g/mol. The van der Waals surface area contributed by atoms with Crippen molar-refractivity contribution in [2.75, 3.05) is 18.6 Å². The van der Waals surface area contributed by atoms with E-state index in [1.165, 1.54) is 6.42 Å². The summed E-state index contributed by atoms with van der Waals surface area (Å²) < 4.78 is 7.07. The Balaban J connectivity index is 2.73. The predicted molar refractivity (Wildman–Crippen MR) is 67.4 cm³/mol. The summed E-state index contributed by atoms with van der Waals surface area (Å²) in [5, 5.41) is 4.17. The van der Waals surface area contributed by atoms with Crippen molar-refractivity contribution >= 4 is 11.8 Å². The summed E-state index contributed by atoms with van der Waals surface area (Å²) in [6.07, 6.45) is 2.88. The molecule has 0 aliphatic carbocycles. The molecule has 5 nitrogen and oxygen atoms in total. The Bertz CT molecular complexity index is 316. The number of nitrogens with one attached hydrogen (secondary N) is 1. The second-order valence-corrected chi connectivity index (χ2v) is 4.67. The van der Waals surface area contributed by atoms with E-state index in [4.69, 9.17) is 10.6 Å². The van der Waals surface area contributed by atoms with Gasteiger partial charge in [0.2, 0.25) is 0 Å². The molecular formula is C10H20N4OS. The van der Waals surface area contributed by atoms with Crippen LogP contribution in [0.2, 0.25) is 0 Å². The van der Waals surface area contributed by atoms with Crippen molar-refractivity contribution in [3.63, 3.8) is 0 Å². The molecule has 0 aromatic carbocycles. The van der Waals surface area contributed by atoms with Gasteiger partial charge in [0.25, 0.3) is 0 Å². The normalized spacial score (nSPS) is 12.8. The SMILES string of the molecule is CCCSCC(NN)c1c(OC)cnn1C. The van der Waals surface area contributed by atoms with Gasteiger partial charge in [0, 0.05) is 12.8 Å². The molecule has 1 heterocycles. The van der Waals surface area contributed by atoms with Gasteiger partial charge in [-0.15, -0.1) is 0 Å². The molecule has 0 radical (unpaired) electrons. The number of aryl methyl sites for hydroxylation is 1. The summed E-state index contributed by atoms with van der Waals surface area (Å²) in [4.78, 5) is 0. The van der Waals surface area contributed by atoms with Gasteiger partial charge in [-0.2, -0.15) is 16.9 Å². The number of nitrogens with zero attached hydrogens (tertiary/aromatic N) is 2. The molecular weight excluding hydrogens is 224 g/mol.